The molecule has 28 heavy (non-hydrogen) atoms. The molecule has 1 amide bonds. The second-order valence-electron chi connectivity index (χ2n) is 9.17. The molecule has 3 fully saturated rings. The normalized spacial score (nSPS) is 26.0. The maximum Gasteiger partial charge on any atom is 0.228 e. The topological polar surface area (TPSA) is 32.8 Å². The molecule has 3 aliphatic rings. The maximum atomic E-state index is 14.4. The highest BCUT2D eigenvalue weighted by atomic mass is 19.1. The smallest absolute Gasteiger partial charge is 0.228 e. The molecular weight excluding hydrogens is 362 g/mol. The van der Waals surface area contributed by atoms with Gasteiger partial charge in [-0.1, -0.05) is 6.92 Å². The van der Waals surface area contributed by atoms with Crippen molar-refractivity contribution in [1.82, 2.24) is 9.80 Å². The van der Waals surface area contributed by atoms with Crippen LogP contribution in [0.1, 0.15) is 51.0 Å². The number of rotatable bonds is 7. The van der Waals surface area contributed by atoms with E-state index in [9.17, 15) is 13.6 Å². The summed E-state index contributed by atoms with van der Waals surface area (Å²) >= 11 is 0. The van der Waals surface area contributed by atoms with Crippen molar-refractivity contribution >= 4 is 5.91 Å². The molecule has 0 N–H and O–H groups in total. The SMILES string of the molecule is CN(CC1CC(Oc2cc(F)c(CN3CCCC3)c(F)c2)C1)C(=O)C1(C)CC1. The molecule has 0 atom stereocenters. The molecule has 0 bridgehead atoms. The van der Waals surface area contributed by atoms with Crippen molar-refractivity contribution in [3.63, 3.8) is 0 Å². The summed E-state index contributed by atoms with van der Waals surface area (Å²) in [7, 11) is 1.87. The Morgan fingerprint density at radius 2 is 1.82 bits per heavy atom. The Balaban J connectivity index is 1.27. The summed E-state index contributed by atoms with van der Waals surface area (Å²) in [5.74, 6) is -0.167. The highest BCUT2D eigenvalue weighted by Gasteiger charge is 2.47. The van der Waals surface area contributed by atoms with E-state index in [4.69, 9.17) is 4.74 Å². The zero-order valence-electron chi connectivity index (χ0n) is 16.8. The summed E-state index contributed by atoms with van der Waals surface area (Å²) in [4.78, 5) is 16.2. The van der Waals surface area contributed by atoms with E-state index in [-0.39, 0.29) is 28.7 Å². The van der Waals surface area contributed by atoms with E-state index >= 15 is 0 Å². The van der Waals surface area contributed by atoms with E-state index in [1.165, 1.54) is 12.1 Å². The molecule has 6 heteroatoms. The van der Waals surface area contributed by atoms with Gasteiger partial charge < -0.3 is 9.64 Å². The van der Waals surface area contributed by atoms with Crippen LogP contribution in [0.5, 0.6) is 5.75 Å². The van der Waals surface area contributed by atoms with E-state index < -0.39 is 11.6 Å². The van der Waals surface area contributed by atoms with Gasteiger partial charge in [0.2, 0.25) is 5.91 Å². The molecule has 154 valence electrons. The molecule has 1 aromatic carbocycles. The number of carbonyl (C=O) groups excluding carboxylic acids is 1. The molecule has 2 saturated carbocycles. The van der Waals surface area contributed by atoms with E-state index in [0.29, 0.717) is 12.5 Å². The Bertz CT molecular complexity index is 715. The average Bonchev–Trinajstić information content (AvgIpc) is 3.15. The lowest BCUT2D eigenvalue weighted by Crippen LogP contribution is -2.43. The molecule has 1 heterocycles. The summed E-state index contributed by atoms with van der Waals surface area (Å²) in [6.07, 6.45) is 5.74. The number of halogens is 2. The van der Waals surface area contributed by atoms with Gasteiger partial charge in [-0.15, -0.1) is 0 Å². The number of carbonyl (C=O) groups is 1. The van der Waals surface area contributed by atoms with Gasteiger partial charge in [-0.25, -0.2) is 8.78 Å². The fraction of sp³-hybridized carbons (Fsp3) is 0.682. The Labute approximate surface area is 165 Å². The molecule has 1 aromatic rings. The Hall–Kier alpha value is -1.69. The van der Waals surface area contributed by atoms with E-state index in [2.05, 4.69) is 4.90 Å². The Morgan fingerprint density at radius 1 is 1.21 bits per heavy atom. The second kappa shape index (κ2) is 7.62. The highest BCUT2D eigenvalue weighted by Crippen LogP contribution is 2.46. The van der Waals surface area contributed by atoms with Gasteiger partial charge in [-0.3, -0.25) is 9.69 Å². The Morgan fingerprint density at radius 3 is 2.39 bits per heavy atom. The van der Waals surface area contributed by atoms with Crippen LogP contribution < -0.4 is 4.74 Å². The van der Waals surface area contributed by atoms with Crippen LogP contribution >= 0.6 is 0 Å². The van der Waals surface area contributed by atoms with Crippen molar-refractivity contribution < 1.29 is 18.3 Å². The summed E-state index contributed by atoms with van der Waals surface area (Å²) in [6, 6.07) is 2.62. The molecule has 0 spiro atoms. The van der Waals surface area contributed by atoms with Gasteiger partial charge in [-0.2, -0.15) is 0 Å². The van der Waals surface area contributed by atoms with Crippen molar-refractivity contribution in [2.75, 3.05) is 26.7 Å². The van der Waals surface area contributed by atoms with Gasteiger partial charge in [0.25, 0.3) is 0 Å². The summed E-state index contributed by atoms with van der Waals surface area (Å²) in [5, 5.41) is 0. The second-order valence-corrected chi connectivity index (χ2v) is 9.17. The van der Waals surface area contributed by atoms with Crippen molar-refractivity contribution in [2.45, 2.75) is 58.1 Å². The number of benzene rings is 1. The molecule has 2 aliphatic carbocycles. The first-order valence-corrected chi connectivity index (χ1v) is 10.5. The van der Waals surface area contributed by atoms with Gasteiger partial charge in [0.15, 0.2) is 0 Å². The van der Waals surface area contributed by atoms with Crippen molar-refractivity contribution in [2.24, 2.45) is 11.3 Å². The molecule has 4 nitrogen and oxygen atoms in total. The first kappa shape index (κ1) is 19.6. The Kier molecular flexibility index (Phi) is 5.34. The predicted molar refractivity (Wildman–Crippen MR) is 103 cm³/mol. The molecule has 1 saturated heterocycles. The third-order valence-electron chi connectivity index (χ3n) is 6.59. The maximum absolute atomic E-state index is 14.4. The molecule has 4 rings (SSSR count). The van der Waals surface area contributed by atoms with Crippen LogP contribution in [-0.2, 0) is 11.3 Å². The lowest BCUT2D eigenvalue weighted by atomic mass is 9.81. The minimum Gasteiger partial charge on any atom is -0.490 e. The van der Waals surface area contributed by atoms with E-state index in [0.717, 1.165) is 58.2 Å². The van der Waals surface area contributed by atoms with Gasteiger partial charge in [0.05, 0.1) is 6.10 Å². The quantitative estimate of drug-likeness (QED) is 0.704. The van der Waals surface area contributed by atoms with Gasteiger partial charge in [0.1, 0.15) is 17.4 Å². The number of nitrogens with zero attached hydrogens (tertiary/aromatic N) is 2. The highest BCUT2D eigenvalue weighted by molar-refractivity contribution is 5.84. The first-order chi connectivity index (χ1) is 13.3. The molecule has 0 aromatic heterocycles. The van der Waals surface area contributed by atoms with Crippen molar-refractivity contribution in [3.8, 4) is 5.75 Å². The third-order valence-corrected chi connectivity index (χ3v) is 6.59. The van der Waals surface area contributed by atoms with Gasteiger partial charge >= 0.3 is 0 Å². The van der Waals surface area contributed by atoms with E-state index in [1.807, 2.05) is 18.9 Å². The molecular formula is C22H30F2N2O2. The lowest BCUT2D eigenvalue weighted by molar-refractivity contribution is -0.136. The molecule has 0 radical (unpaired) electrons. The number of likely N-dealkylation sites (tertiary alicyclic amines) is 1. The number of hydrogen-bond donors (Lipinski definition) is 0. The molecule has 0 unspecified atom stereocenters. The fourth-order valence-electron chi connectivity index (χ4n) is 4.41. The predicted octanol–water partition coefficient (Wildman–Crippen LogP) is 3.98. The average molecular weight is 392 g/mol. The third kappa shape index (κ3) is 4.17. The van der Waals surface area contributed by atoms with Crippen LogP contribution in [-0.4, -0.2) is 48.5 Å². The zero-order valence-corrected chi connectivity index (χ0v) is 16.8. The molecule has 1 aliphatic heterocycles. The van der Waals surface area contributed by atoms with Gasteiger partial charge in [-0.05, 0) is 57.5 Å². The lowest BCUT2D eigenvalue weighted by Gasteiger charge is -2.38. The van der Waals surface area contributed by atoms with E-state index in [1.54, 1.807) is 0 Å². The summed E-state index contributed by atoms with van der Waals surface area (Å²) in [5.41, 5.74) is -0.00488. The minimum absolute atomic E-state index is 0.0340. The van der Waals surface area contributed by atoms with Crippen LogP contribution in [0.2, 0.25) is 0 Å². The number of amides is 1. The van der Waals surface area contributed by atoms with Crippen LogP contribution in [0.25, 0.3) is 0 Å². The van der Waals surface area contributed by atoms with Crippen molar-refractivity contribution in [3.05, 3.63) is 29.3 Å². The standard InChI is InChI=1S/C22H30F2N2O2/c1-22(5-6-22)21(27)25(2)13-15-9-16(10-15)28-17-11-19(23)18(20(24)12-17)14-26-7-3-4-8-26/h11-12,15-16H,3-10,13-14H2,1-2H3. The van der Waals surface area contributed by atoms with Crippen molar-refractivity contribution in [1.29, 1.82) is 0 Å². The summed E-state index contributed by atoms with van der Waals surface area (Å²) < 4.78 is 34.6. The monoisotopic (exact) mass is 392 g/mol. The van der Waals surface area contributed by atoms with Crippen LogP contribution in [0, 0.1) is 23.0 Å². The largest absolute Gasteiger partial charge is 0.490 e. The number of hydrogen-bond acceptors (Lipinski definition) is 3. The first-order valence-electron chi connectivity index (χ1n) is 10.5. The zero-order chi connectivity index (χ0) is 19.9. The van der Waals surface area contributed by atoms with Crippen LogP contribution in [0.3, 0.4) is 0 Å². The minimum atomic E-state index is -0.527. The number of ether oxygens (including phenoxy) is 1. The fourth-order valence-corrected chi connectivity index (χ4v) is 4.41. The van der Waals surface area contributed by atoms with Gasteiger partial charge in [0, 0.05) is 43.2 Å². The summed E-state index contributed by atoms with van der Waals surface area (Å²) in [6.45, 7) is 4.87. The van der Waals surface area contributed by atoms with Crippen LogP contribution in [0.4, 0.5) is 8.78 Å². The van der Waals surface area contributed by atoms with Crippen LogP contribution in [0.15, 0.2) is 12.1 Å².